The van der Waals surface area contributed by atoms with E-state index < -0.39 is 5.97 Å². The molecule has 1 aromatic carbocycles. The minimum atomic E-state index is -0.782. The second kappa shape index (κ2) is 5.63. The van der Waals surface area contributed by atoms with Crippen molar-refractivity contribution in [3.05, 3.63) is 34.1 Å². The van der Waals surface area contributed by atoms with Crippen molar-refractivity contribution in [1.82, 2.24) is 0 Å². The first-order chi connectivity index (χ1) is 7.80. The third-order valence-corrected chi connectivity index (χ3v) is 3.31. The summed E-state index contributed by atoms with van der Waals surface area (Å²) in [6, 6.07) is 4.90. The summed E-state index contributed by atoms with van der Waals surface area (Å²) in [5.74, 6) is -1.06. The fraction of sp³-hybridized carbons (Fsp3) is 0.462. The molecule has 17 heavy (non-hydrogen) atoms. The Morgan fingerprint density at radius 2 is 2.12 bits per heavy atom. The Hall–Kier alpha value is -0.900. The average molecular weight is 303 g/mol. The number of aryl methyl sites for hydroxylation is 1. The van der Waals surface area contributed by atoms with Crippen LogP contribution in [0.3, 0.4) is 0 Å². The average Bonchev–Trinajstić information content (AvgIpc) is 2.18. The molecule has 0 bridgehead atoms. The fourth-order valence-electron chi connectivity index (χ4n) is 1.68. The maximum absolute atomic E-state index is 13.0. The van der Waals surface area contributed by atoms with Crippen LogP contribution in [0.4, 0.5) is 4.39 Å². The lowest BCUT2D eigenvalue weighted by molar-refractivity contribution is -0.139. The molecule has 0 atom stereocenters. The third-order valence-electron chi connectivity index (χ3n) is 2.70. The Bertz CT molecular complexity index is 416. The number of carboxylic acid groups (broad SMARTS) is 1. The molecule has 1 rings (SSSR count). The van der Waals surface area contributed by atoms with Crippen LogP contribution < -0.4 is 0 Å². The van der Waals surface area contributed by atoms with Crippen LogP contribution in [0.1, 0.15) is 32.3 Å². The molecule has 0 aliphatic rings. The first-order valence-electron chi connectivity index (χ1n) is 5.46. The van der Waals surface area contributed by atoms with Crippen LogP contribution in [0, 0.1) is 11.2 Å². The van der Waals surface area contributed by atoms with Crippen LogP contribution in [0.15, 0.2) is 22.7 Å². The van der Waals surface area contributed by atoms with Crippen molar-refractivity contribution < 1.29 is 14.3 Å². The summed E-state index contributed by atoms with van der Waals surface area (Å²) in [5, 5.41) is 8.77. The second-order valence-corrected chi connectivity index (χ2v) is 5.84. The molecule has 0 saturated carbocycles. The maximum atomic E-state index is 13.0. The number of rotatable bonds is 5. The lowest BCUT2D eigenvalue weighted by Crippen LogP contribution is -2.17. The van der Waals surface area contributed by atoms with Gasteiger partial charge in [-0.2, -0.15) is 0 Å². The van der Waals surface area contributed by atoms with Crippen LogP contribution >= 0.6 is 15.9 Å². The molecule has 0 radical (unpaired) electrons. The number of carbonyl (C=O) groups is 1. The van der Waals surface area contributed by atoms with E-state index in [2.05, 4.69) is 15.9 Å². The van der Waals surface area contributed by atoms with E-state index in [1.54, 1.807) is 12.1 Å². The van der Waals surface area contributed by atoms with E-state index in [4.69, 9.17) is 5.11 Å². The van der Waals surface area contributed by atoms with Crippen LogP contribution in [-0.4, -0.2) is 11.1 Å². The molecule has 0 unspecified atom stereocenters. The van der Waals surface area contributed by atoms with Crippen LogP contribution in [0.2, 0.25) is 0 Å². The van der Waals surface area contributed by atoms with Gasteiger partial charge in [-0.05, 0) is 51.9 Å². The standard InChI is InChI=1S/C13H16BrFO2/c1-13(2,8-12(16)17)6-5-9-3-4-11(15)10(14)7-9/h3-4,7H,5-6,8H2,1-2H3,(H,16,17). The van der Waals surface area contributed by atoms with Gasteiger partial charge in [0.25, 0.3) is 0 Å². The van der Waals surface area contributed by atoms with Gasteiger partial charge in [-0.25, -0.2) is 4.39 Å². The van der Waals surface area contributed by atoms with Crippen molar-refractivity contribution >= 4 is 21.9 Å². The van der Waals surface area contributed by atoms with Crippen molar-refractivity contribution in [2.45, 2.75) is 33.1 Å². The SMILES string of the molecule is CC(C)(CCc1ccc(F)c(Br)c1)CC(=O)O. The Kier molecular flexibility index (Phi) is 4.69. The zero-order valence-electron chi connectivity index (χ0n) is 9.96. The minimum absolute atomic E-state index is 0.148. The summed E-state index contributed by atoms with van der Waals surface area (Å²) in [6.07, 6.45) is 1.66. The summed E-state index contributed by atoms with van der Waals surface area (Å²) in [5.41, 5.74) is 0.768. The van der Waals surface area contributed by atoms with Gasteiger partial charge >= 0.3 is 5.97 Å². The zero-order chi connectivity index (χ0) is 13.1. The molecule has 0 amide bonds. The number of hydrogen-bond donors (Lipinski definition) is 1. The highest BCUT2D eigenvalue weighted by molar-refractivity contribution is 9.10. The molecule has 1 N–H and O–H groups in total. The van der Waals surface area contributed by atoms with E-state index in [1.807, 2.05) is 13.8 Å². The highest BCUT2D eigenvalue weighted by Gasteiger charge is 2.21. The molecule has 0 saturated heterocycles. The zero-order valence-corrected chi connectivity index (χ0v) is 11.6. The van der Waals surface area contributed by atoms with Crippen LogP contribution in [0.5, 0.6) is 0 Å². The summed E-state index contributed by atoms with van der Waals surface area (Å²) in [7, 11) is 0. The predicted molar refractivity (Wildman–Crippen MR) is 68.5 cm³/mol. The summed E-state index contributed by atoms with van der Waals surface area (Å²) < 4.78 is 13.5. The van der Waals surface area contributed by atoms with Gasteiger partial charge in [0, 0.05) is 0 Å². The first-order valence-corrected chi connectivity index (χ1v) is 6.25. The van der Waals surface area contributed by atoms with Crippen molar-refractivity contribution in [3.63, 3.8) is 0 Å². The van der Waals surface area contributed by atoms with E-state index >= 15 is 0 Å². The molecule has 0 aromatic heterocycles. The lowest BCUT2D eigenvalue weighted by atomic mass is 9.83. The van der Waals surface area contributed by atoms with Crippen LogP contribution in [-0.2, 0) is 11.2 Å². The molecule has 1 aromatic rings. The number of hydrogen-bond acceptors (Lipinski definition) is 1. The highest BCUT2D eigenvalue weighted by atomic mass is 79.9. The van der Waals surface area contributed by atoms with E-state index in [1.165, 1.54) is 6.07 Å². The van der Waals surface area contributed by atoms with Gasteiger partial charge in [0.1, 0.15) is 5.82 Å². The molecular weight excluding hydrogens is 287 g/mol. The van der Waals surface area contributed by atoms with E-state index in [0.717, 1.165) is 18.4 Å². The van der Waals surface area contributed by atoms with Gasteiger partial charge in [-0.3, -0.25) is 4.79 Å². The summed E-state index contributed by atoms with van der Waals surface area (Å²) in [4.78, 5) is 10.7. The van der Waals surface area contributed by atoms with Crippen LogP contribution in [0.25, 0.3) is 0 Å². The van der Waals surface area contributed by atoms with E-state index in [-0.39, 0.29) is 17.7 Å². The van der Waals surface area contributed by atoms with Crippen molar-refractivity contribution in [3.8, 4) is 0 Å². The van der Waals surface area contributed by atoms with Gasteiger partial charge in [-0.15, -0.1) is 0 Å². The topological polar surface area (TPSA) is 37.3 Å². The smallest absolute Gasteiger partial charge is 0.303 e. The quantitative estimate of drug-likeness (QED) is 0.892. The fourth-order valence-corrected chi connectivity index (χ4v) is 2.10. The monoisotopic (exact) mass is 302 g/mol. The van der Waals surface area contributed by atoms with Gasteiger partial charge in [0.05, 0.1) is 10.9 Å². The Balaban J connectivity index is 2.60. The summed E-state index contributed by atoms with van der Waals surface area (Å²) >= 11 is 3.14. The van der Waals surface area contributed by atoms with Crippen molar-refractivity contribution in [2.24, 2.45) is 5.41 Å². The summed E-state index contributed by atoms with van der Waals surface area (Å²) in [6.45, 7) is 3.86. The molecule has 0 aliphatic heterocycles. The minimum Gasteiger partial charge on any atom is -0.481 e. The molecule has 2 nitrogen and oxygen atoms in total. The number of benzene rings is 1. The maximum Gasteiger partial charge on any atom is 0.303 e. The van der Waals surface area contributed by atoms with Gasteiger partial charge in [-0.1, -0.05) is 19.9 Å². The largest absolute Gasteiger partial charge is 0.481 e. The molecule has 94 valence electrons. The molecule has 0 aliphatic carbocycles. The highest BCUT2D eigenvalue weighted by Crippen LogP contribution is 2.28. The van der Waals surface area contributed by atoms with Crippen molar-refractivity contribution in [2.75, 3.05) is 0 Å². The second-order valence-electron chi connectivity index (χ2n) is 4.98. The lowest BCUT2D eigenvalue weighted by Gasteiger charge is -2.22. The Morgan fingerprint density at radius 3 is 2.65 bits per heavy atom. The molecular formula is C13H16BrFO2. The Labute approximate surface area is 109 Å². The van der Waals surface area contributed by atoms with Gasteiger partial charge in [0.15, 0.2) is 0 Å². The number of halogens is 2. The molecule has 4 heteroatoms. The van der Waals surface area contributed by atoms with E-state index in [9.17, 15) is 9.18 Å². The normalized spacial score (nSPS) is 11.5. The van der Waals surface area contributed by atoms with Crippen molar-refractivity contribution in [1.29, 1.82) is 0 Å². The third kappa shape index (κ3) is 4.86. The van der Waals surface area contributed by atoms with Gasteiger partial charge in [0.2, 0.25) is 0 Å². The predicted octanol–water partition coefficient (Wildman–Crippen LogP) is 4.02. The molecule has 0 fully saturated rings. The first kappa shape index (κ1) is 14.2. The van der Waals surface area contributed by atoms with E-state index in [0.29, 0.717) is 4.47 Å². The number of aliphatic carboxylic acids is 1. The Morgan fingerprint density at radius 1 is 1.47 bits per heavy atom. The molecule has 0 heterocycles. The molecule has 0 spiro atoms. The number of carboxylic acids is 1. The van der Waals surface area contributed by atoms with Gasteiger partial charge < -0.3 is 5.11 Å².